The number of nitrogens with zero attached hydrogens (tertiary/aromatic N) is 1. The van der Waals surface area contributed by atoms with Crippen molar-refractivity contribution in [3.8, 4) is 5.82 Å². The fourth-order valence-electron chi connectivity index (χ4n) is 1.20. The summed E-state index contributed by atoms with van der Waals surface area (Å²) in [5, 5.41) is 17.7. The third-order valence-corrected chi connectivity index (χ3v) is 1.85. The van der Waals surface area contributed by atoms with Crippen LogP contribution in [0.5, 0.6) is 0 Å². The van der Waals surface area contributed by atoms with E-state index in [4.69, 9.17) is 10.0 Å². The molecule has 2 aromatic heterocycles. The summed E-state index contributed by atoms with van der Waals surface area (Å²) >= 11 is 0. The van der Waals surface area contributed by atoms with Crippen molar-refractivity contribution in [2.24, 2.45) is 0 Å². The quantitative estimate of drug-likeness (QED) is 0.539. The van der Waals surface area contributed by atoms with Gasteiger partial charge < -0.3 is 19.6 Å². The summed E-state index contributed by atoms with van der Waals surface area (Å²) in [7, 11) is -1.44. The molecule has 0 aromatic carbocycles. The van der Waals surface area contributed by atoms with Crippen molar-refractivity contribution in [1.82, 2.24) is 9.55 Å². The van der Waals surface area contributed by atoms with E-state index in [9.17, 15) is 0 Å². The van der Waals surface area contributed by atoms with E-state index in [0.717, 1.165) is 5.82 Å². The lowest BCUT2D eigenvalue weighted by molar-refractivity contribution is 0.424. The van der Waals surface area contributed by atoms with Gasteiger partial charge in [0.05, 0.1) is 0 Å². The van der Waals surface area contributed by atoms with Crippen LogP contribution in [0.1, 0.15) is 0 Å². The second kappa shape index (κ2) is 3.12. The first-order valence-corrected chi connectivity index (χ1v) is 3.96. The van der Waals surface area contributed by atoms with Crippen molar-refractivity contribution in [3.05, 3.63) is 36.7 Å². The number of aromatic nitrogens is 2. The van der Waals surface area contributed by atoms with Crippen molar-refractivity contribution in [1.29, 1.82) is 0 Å². The molecular formula is C8H9BN2O2. The van der Waals surface area contributed by atoms with E-state index in [1.54, 1.807) is 12.1 Å². The molecule has 0 unspecified atom stereocenters. The number of aromatic amines is 1. The summed E-state index contributed by atoms with van der Waals surface area (Å²) in [4.78, 5) is 2.88. The minimum atomic E-state index is -1.44. The van der Waals surface area contributed by atoms with Gasteiger partial charge in [0.1, 0.15) is 5.82 Å². The van der Waals surface area contributed by atoms with Gasteiger partial charge in [0, 0.05) is 18.0 Å². The van der Waals surface area contributed by atoms with E-state index in [-0.39, 0.29) is 0 Å². The zero-order valence-corrected chi connectivity index (χ0v) is 6.88. The molecule has 3 N–H and O–H groups in total. The van der Waals surface area contributed by atoms with Crippen LogP contribution in [-0.2, 0) is 0 Å². The largest absolute Gasteiger partial charge is 0.505 e. The summed E-state index contributed by atoms with van der Waals surface area (Å²) in [6.07, 6.45) is 3.75. The molecule has 5 heteroatoms. The second-order valence-corrected chi connectivity index (χ2v) is 2.76. The molecule has 0 aliphatic rings. The number of H-pyrrole nitrogens is 1. The van der Waals surface area contributed by atoms with E-state index >= 15 is 0 Å². The first-order chi connectivity index (χ1) is 6.27. The van der Waals surface area contributed by atoms with Gasteiger partial charge in [-0.05, 0) is 24.3 Å². The second-order valence-electron chi connectivity index (χ2n) is 2.76. The Hall–Kier alpha value is -1.46. The normalized spacial score (nSPS) is 10.3. The van der Waals surface area contributed by atoms with Gasteiger partial charge in [-0.1, -0.05) is 0 Å². The molecule has 0 fully saturated rings. The summed E-state index contributed by atoms with van der Waals surface area (Å²) in [6.45, 7) is 0. The minimum absolute atomic E-state index is 0.392. The van der Waals surface area contributed by atoms with Crippen molar-refractivity contribution >= 4 is 12.7 Å². The van der Waals surface area contributed by atoms with Gasteiger partial charge in [-0.3, -0.25) is 0 Å². The molecule has 0 saturated heterocycles. The summed E-state index contributed by atoms with van der Waals surface area (Å²) in [5.74, 6) is 0.813. The average molecular weight is 176 g/mol. The monoisotopic (exact) mass is 176 g/mol. The van der Waals surface area contributed by atoms with Gasteiger partial charge in [0.15, 0.2) is 0 Å². The summed E-state index contributed by atoms with van der Waals surface area (Å²) in [6, 6.07) is 7.22. The molecule has 66 valence electrons. The number of hydrogen-bond acceptors (Lipinski definition) is 2. The average Bonchev–Trinajstić information content (AvgIpc) is 2.75. The van der Waals surface area contributed by atoms with Gasteiger partial charge >= 0.3 is 7.12 Å². The van der Waals surface area contributed by atoms with Gasteiger partial charge in [0.2, 0.25) is 0 Å². The number of hydrogen-bond donors (Lipinski definition) is 3. The Morgan fingerprint density at radius 1 is 1.15 bits per heavy atom. The Balaban J connectivity index is 2.33. The highest BCUT2D eigenvalue weighted by molar-refractivity contribution is 6.57. The summed E-state index contributed by atoms with van der Waals surface area (Å²) < 4.78 is 1.85. The molecule has 0 spiro atoms. The molecule has 0 saturated carbocycles. The van der Waals surface area contributed by atoms with Crippen LogP contribution in [0.15, 0.2) is 36.7 Å². The standard InChI is InChI=1S/C8H9BN2O2/c12-9(13)7-3-4-8(10-7)11-5-1-2-6-11/h1-6,10,12-13H. The first-order valence-electron chi connectivity index (χ1n) is 3.96. The maximum atomic E-state index is 8.85. The lowest BCUT2D eigenvalue weighted by atomic mass is 9.87. The van der Waals surface area contributed by atoms with Crippen LogP contribution in [0.25, 0.3) is 5.82 Å². The smallest absolute Gasteiger partial charge is 0.422 e. The third-order valence-electron chi connectivity index (χ3n) is 1.85. The van der Waals surface area contributed by atoms with Crippen molar-refractivity contribution in [2.75, 3.05) is 0 Å². The van der Waals surface area contributed by atoms with E-state index in [2.05, 4.69) is 4.98 Å². The fourth-order valence-corrected chi connectivity index (χ4v) is 1.20. The Bertz CT molecular complexity index is 381. The van der Waals surface area contributed by atoms with Crippen LogP contribution < -0.4 is 5.59 Å². The predicted octanol–water partition coefficient (Wildman–Crippen LogP) is -0.515. The van der Waals surface area contributed by atoms with Gasteiger partial charge in [0.25, 0.3) is 0 Å². The Morgan fingerprint density at radius 2 is 1.85 bits per heavy atom. The summed E-state index contributed by atoms with van der Waals surface area (Å²) in [5.41, 5.74) is 0.392. The van der Waals surface area contributed by atoms with Crippen LogP contribution in [0, 0.1) is 0 Å². The van der Waals surface area contributed by atoms with Crippen LogP contribution in [0.4, 0.5) is 0 Å². The highest BCUT2D eigenvalue weighted by Crippen LogP contribution is 2.02. The van der Waals surface area contributed by atoms with E-state index in [1.807, 2.05) is 29.1 Å². The highest BCUT2D eigenvalue weighted by Gasteiger charge is 2.12. The van der Waals surface area contributed by atoms with Crippen molar-refractivity contribution in [2.45, 2.75) is 0 Å². The molecule has 4 nitrogen and oxygen atoms in total. The molecule has 0 aliphatic heterocycles. The van der Waals surface area contributed by atoms with Crippen LogP contribution in [0.2, 0.25) is 0 Å². The molecule has 2 rings (SSSR count). The number of nitrogens with one attached hydrogen (secondary N) is 1. The Kier molecular flexibility index (Phi) is 1.96. The molecule has 0 radical (unpaired) electrons. The van der Waals surface area contributed by atoms with Crippen molar-refractivity contribution in [3.63, 3.8) is 0 Å². The minimum Gasteiger partial charge on any atom is -0.422 e. The SMILES string of the molecule is OB(O)c1ccc(-n2cccc2)[nH]1. The van der Waals surface area contributed by atoms with Crippen LogP contribution in [0.3, 0.4) is 0 Å². The molecule has 2 aromatic rings. The molecule has 0 amide bonds. The lowest BCUT2D eigenvalue weighted by Gasteiger charge is -1.97. The topological polar surface area (TPSA) is 61.2 Å². The van der Waals surface area contributed by atoms with E-state index in [1.165, 1.54) is 0 Å². The number of rotatable bonds is 2. The molecule has 13 heavy (non-hydrogen) atoms. The highest BCUT2D eigenvalue weighted by atomic mass is 16.4. The molecule has 0 bridgehead atoms. The first kappa shape index (κ1) is 8.16. The molecule has 0 atom stereocenters. The lowest BCUT2D eigenvalue weighted by Crippen LogP contribution is -2.30. The Morgan fingerprint density at radius 3 is 2.38 bits per heavy atom. The third kappa shape index (κ3) is 1.51. The molecular weight excluding hydrogens is 167 g/mol. The van der Waals surface area contributed by atoms with E-state index < -0.39 is 7.12 Å². The zero-order valence-electron chi connectivity index (χ0n) is 6.88. The maximum Gasteiger partial charge on any atom is 0.505 e. The van der Waals surface area contributed by atoms with Gasteiger partial charge in [-0.25, -0.2) is 0 Å². The zero-order chi connectivity index (χ0) is 9.26. The predicted molar refractivity (Wildman–Crippen MR) is 49.9 cm³/mol. The maximum absolute atomic E-state index is 8.85. The molecule has 2 heterocycles. The van der Waals surface area contributed by atoms with Gasteiger partial charge in [-0.15, -0.1) is 0 Å². The van der Waals surface area contributed by atoms with E-state index in [0.29, 0.717) is 5.59 Å². The molecule has 0 aliphatic carbocycles. The van der Waals surface area contributed by atoms with Gasteiger partial charge in [-0.2, -0.15) is 0 Å². The van der Waals surface area contributed by atoms with Crippen LogP contribution in [-0.4, -0.2) is 26.7 Å². The van der Waals surface area contributed by atoms with Crippen LogP contribution >= 0.6 is 0 Å². The Labute approximate surface area is 75.6 Å². The fraction of sp³-hybridized carbons (Fsp3) is 0. The van der Waals surface area contributed by atoms with Crippen molar-refractivity contribution < 1.29 is 10.0 Å².